The van der Waals surface area contributed by atoms with Gasteiger partial charge in [-0.05, 0) is 18.2 Å². The van der Waals surface area contributed by atoms with Gasteiger partial charge in [0.1, 0.15) is 5.82 Å². The molecular formula is C15H13FN4O2. The molecule has 7 heteroatoms. The zero-order valence-corrected chi connectivity index (χ0v) is 12.0. The number of methoxy groups -OCH3 is 2. The van der Waals surface area contributed by atoms with E-state index in [1.807, 2.05) is 0 Å². The third-order valence-corrected chi connectivity index (χ3v) is 3.10. The van der Waals surface area contributed by atoms with Crippen molar-refractivity contribution in [2.45, 2.75) is 0 Å². The van der Waals surface area contributed by atoms with Crippen LogP contribution in [0.2, 0.25) is 0 Å². The second kappa shape index (κ2) is 5.80. The Hall–Kier alpha value is -2.96. The Balaban J connectivity index is 2.00. The summed E-state index contributed by atoms with van der Waals surface area (Å²) in [5.41, 5.74) is 2.60. The van der Waals surface area contributed by atoms with Crippen molar-refractivity contribution in [2.75, 3.05) is 14.2 Å². The van der Waals surface area contributed by atoms with Gasteiger partial charge in [0.2, 0.25) is 5.88 Å². The van der Waals surface area contributed by atoms with Crippen molar-refractivity contribution in [1.82, 2.24) is 20.2 Å². The second-order valence-corrected chi connectivity index (χ2v) is 4.46. The molecule has 1 aromatic carbocycles. The fourth-order valence-electron chi connectivity index (χ4n) is 2.05. The third-order valence-electron chi connectivity index (χ3n) is 3.10. The fourth-order valence-corrected chi connectivity index (χ4v) is 2.05. The minimum atomic E-state index is -0.313. The molecule has 0 aliphatic rings. The van der Waals surface area contributed by atoms with E-state index in [0.717, 1.165) is 0 Å². The van der Waals surface area contributed by atoms with Gasteiger partial charge in [-0.25, -0.2) is 9.37 Å². The van der Waals surface area contributed by atoms with E-state index < -0.39 is 0 Å². The van der Waals surface area contributed by atoms with Crippen LogP contribution in [0.1, 0.15) is 0 Å². The summed E-state index contributed by atoms with van der Waals surface area (Å²) in [6.07, 6.45) is 1.58. The maximum atomic E-state index is 13.3. The van der Waals surface area contributed by atoms with Crippen molar-refractivity contribution in [2.24, 2.45) is 0 Å². The molecule has 0 radical (unpaired) electrons. The normalized spacial score (nSPS) is 10.5. The number of benzene rings is 1. The number of hydrogen-bond donors (Lipinski definition) is 1. The highest BCUT2D eigenvalue weighted by atomic mass is 19.1. The molecule has 0 atom stereocenters. The summed E-state index contributed by atoms with van der Waals surface area (Å²) < 4.78 is 23.5. The van der Waals surface area contributed by atoms with Gasteiger partial charge in [0.15, 0.2) is 0 Å². The molecular weight excluding hydrogens is 287 g/mol. The molecule has 2 heterocycles. The van der Waals surface area contributed by atoms with E-state index >= 15 is 0 Å². The number of rotatable bonds is 4. The van der Waals surface area contributed by atoms with Crippen LogP contribution >= 0.6 is 0 Å². The minimum Gasteiger partial charge on any atom is -0.480 e. The first-order valence-electron chi connectivity index (χ1n) is 6.48. The molecule has 0 unspecified atom stereocenters. The Kier molecular flexibility index (Phi) is 3.69. The van der Waals surface area contributed by atoms with E-state index in [2.05, 4.69) is 20.2 Å². The van der Waals surface area contributed by atoms with Crippen LogP contribution in [0, 0.1) is 5.82 Å². The number of aromatic nitrogens is 4. The molecule has 3 rings (SSSR count). The lowest BCUT2D eigenvalue weighted by atomic mass is 10.1. The van der Waals surface area contributed by atoms with Crippen molar-refractivity contribution in [3.63, 3.8) is 0 Å². The molecule has 0 aliphatic heterocycles. The van der Waals surface area contributed by atoms with Crippen LogP contribution in [0.15, 0.2) is 36.5 Å². The van der Waals surface area contributed by atoms with Crippen LogP contribution < -0.4 is 9.47 Å². The molecule has 0 aliphatic carbocycles. The largest absolute Gasteiger partial charge is 0.480 e. The van der Waals surface area contributed by atoms with Gasteiger partial charge in [0.05, 0.1) is 31.2 Å². The summed E-state index contributed by atoms with van der Waals surface area (Å²) in [5, 5.41) is 7.07. The standard InChI is InChI=1S/C15H13FN4O2/c1-21-14-11(8-17-15(18-14)22-2)13-7-12(19-20-13)9-4-3-5-10(16)6-9/h3-8H,1-2H3,(H,19,20). The summed E-state index contributed by atoms with van der Waals surface area (Å²) in [4.78, 5) is 8.18. The van der Waals surface area contributed by atoms with Crippen molar-refractivity contribution in [3.05, 3.63) is 42.3 Å². The average Bonchev–Trinajstić information content (AvgIpc) is 3.04. The van der Waals surface area contributed by atoms with E-state index in [1.54, 1.807) is 24.4 Å². The van der Waals surface area contributed by atoms with Crippen LogP contribution in [-0.2, 0) is 0 Å². The Bertz CT molecular complexity index is 804. The van der Waals surface area contributed by atoms with Crippen LogP contribution in [0.4, 0.5) is 4.39 Å². The number of nitrogens with one attached hydrogen (secondary N) is 1. The van der Waals surface area contributed by atoms with E-state index in [9.17, 15) is 4.39 Å². The molecule has 2 aromatic heterocycles. The predicted molar refractivity (Wildman–Crippen MR) is 78.1 cm³/mol. The molecule has 112 valence electrons. The molecule has 0 saturated heterocycles. The number of aromatic amines is 1. The molecule has 22 heavy (non-hydrogen) atoms. The number of ether oxygens (including phenoxy) is 2. The highest BCUT2D eigenvalue weighted by molar-refractivity contribution is 5.70. The summed E-state index contributed by atoms with van der Waals surface area (Å²) in [6, 6.07) is 8.22. The van der Waals surface area contributed by atoms with Crippen LogP contribution in [0.25, 0.3) is 22.5 Å². The molecule has 1 N–H and O–H groups in total. The number of nitrogens with zero attached hydrogens (tertiary/aromatic N) is 3. The maximum Gasteiger partial charge on any atom is 0.319 e. The highest BCUT2D eigenvalue weighted by Crippen LogP contribution is 2.30. The van der Waals surface area contributed by atoms with Gasteiger partial charge >= 0.3 is 6.01 Å². The Labute approximate surface area is 126 Å². The fraction of sp³-hybridized carbons (Fsp3) is 0.133. The predicted octanol–water partition coefficient (Wildman–Crippen LogP) is 2.69. The zero-order chi connectivity index (χ0) is 15.5. The average molecular weight is 300 g/mol. The van der Waals surface area contributed by atoms with Crippen molar-refractivity contribution < 1.29 is 13.9 Å². The van der Waals surface area contributed by atoms with E-state index in [1.165, 1.54) is 26.4 Å². The van der Waals surface area contributed by atoms with Gasteiger partial charge in [0.25, 0.3) is 0 Å². The monoisotopic (exact) mass is 300 g/mol. The van der Waals surface area contributed by atoms with Crippen molar-refractivity contribution >= 4 is 0 Å². The van der Waals surface area contributed by atoms with Crippen LogP contribution in [-0.4, -0.2) is 34.4 Å². The van der Waals surface area contributed by atoms with Gasteiger partial charge in [0, 0.05) is 11.8 Å². The zero-order valence-electron chi connectivity index (χ0n) is 12.0. The first-order chi connectivity index (χ1) is 10.7. The summed E-state index contributed by atoms with van der Waals surface area (Å²) in [5.74, 6) is 0.0497. The van der Waals surface area contributed by atoms with E-state index in [4.69, 9.17) is 9.47 Å². The van der Waals surface area contributed by atoms with Gasteiger partial charge in [-0.3, -0.25) is 5.10 Å². The van der Waals surface area contributed by atoms with E-state index in [0.29, 0.717) is 28.4 Å². The molecule has 6 nitrogen and oxygen atoms in total. The van der Waals surface area contributed by atoms with Gasteiger partial charge in [-0.2, -0.15) is 10.1 Å². The topological polar surface area (TPSA) is 72.9 Å². The molecule has 0 fully saturated rings. The number of hydrogen-bond acceptors (Lipinski definition) is 5. The summed E-state index contributed by atoms with van der Waals surface area (Å²) in [7, 11) is 2.99. The van der Waals surface area contributed by atoms with E-state index in [-0.39, 0.29) is 11.8 Å². The van der Waals surface area contributed by atoms with Gasteiger partial charge in [-0.1, -0.05) is 12.1 Å². The Morgan fingerprint density at radius 3 is 2.73 bits per heavy atom. The molecule has 0 amide bonds. The Morgan fingerprint density at radius 1 is 1.14 bits per heavy atom. The van der Waals surface area contributed by atoms with Gasteiger partial charge in [-0.15, -0.1) is 0 Å². The van der Waals surface area contributed by atoms with Crippen LogP contribution in [0.5, 0.6) is 11.9 Å². The Morgan fingerprint density at radius 2 is 2.00 bits per heavy atom. The lowest BCUT2D eigenvalue weighted by Gasteiger charge is -2.06. The highest BCUT2D eigenvalue weighted by Gasteiger charge is 2.14. The third kappa shape index (κ3) is 2.60. The first-order valence-corrected chi connectivity index (χ1v) is 6.48. The summed E-state index contributed by atoms with van der Waals surface area (Å²) in [6.45, 7) is 0. The molecule has 3 aromatic rings. The second-order valence-electron chi connectivity index (χ2n) is 4.46. The van der Waals surface area contributed by atoms with Crippen LogP contribution in [0.3, 0.4) is 0 Å². The molecule has 0 saturated carbocycles. The van der Waals surface area contributed by atoms with Gasteiger partial charge < -0.3 is 9.47 Å². The molecule has 0 spiro atoms. The smallest absolute Gasteiger partial charge is 0.319 e. The quantitative estimate of drug-likeness (QED) is 0.802. The summed E-state index contributed by atoms with van der Waals surface area (Å²) >= 11 is 0. The number of halogens is 1. The maximum absolute atomic E-state index is 13.3. The SMILES string of the molecule is COc1ncc(-c2cc(-c3cccc(F)c3)n[nH]2)c(OC)n1. The number of H-pyrrole nitrogens is 1. The van der Waals surface area contributed by atoms with Crippen molar-refractivity contribution in [1.29, 1.82) is 0 Å². The minimum absolute atomic E-state index is 0.213. The van der Waals surface area contributed by atoms with Crippen molar-refractivity contribution in [3.8, 4) is 34.4 Å². The first kappa shape index (κ1) is 14.0. The lowest BCUT2D eigenvalue weighted by molar-refractivity contribution is 0.353. The lowest BCUT2D eigenvalue weighted by Crippen LogP contribution is -1.97. The molecule has 0 bridgehead atoms.